The molecule has 0 bridgehead atoms. The van der Waals surface area contributed by atoms with Gasteiger partial charge in [0.25, 0.3) is 0 Å². The highest BCUT2D eigenvalue weighted by atomic mass is 16.5. The molecule has 4 rings (SSSR count). The average molecular weight is 338 g/mol. The zero-order valence-electron chi connectivity index (χ0n) is 14.9. The third-order valence-electron chi connectivity index (χ3n) is 5.17. The first kappa shape index (κ1) is 16.3. The van der Waals surface area contributed by atoms with E-state index in [4.69, 9.17) is 14.7 Å². The average Bonchev–Trinajstić information content (AvgIpc) is 2.69. The predicted molar refractivity (Wildman–Crippen MR) is 101 cm³/mol. The van der Waals surface area contributed by atoms with Gasteiger partial charge in [-0.1, -0.05) is 37.3 Å². The Bertz CT molecular complexity index is 692. The van der Waals surface area contributed by atoms with Crippen molar-refractivity contribution in [3.05, 3.63) is 36.4 Å². The molecule has 0 aliphatic carbocycles. The third-order valence-corrected chi connectivity index (χ3v) is 5.17. The Hall–Kier alpha value is -2.14. The Labute approximate surface area is 149 Å². The summed E-state index contributed by atoms with van der Waals surface area (Å²) in [5, 5.41) is 0. The molecule has 1 aromatic heterocycles. The van der Waals surface area contributed by atoms with Gasteiger partial charge in [0.05, 0.1) is 18.9 Å². The van der Waals surface area contributed by atoms with E-state index in [9.17, 15) is 0 Å². The van der Waals surface area contributed by atoms with Crippen LogP contribution < -0.4 is 9.80 Å². The van der Waals surface area contributed by atoms with Crippen molar-refractivity contribution in [2.45, 2.75) is 19.8 Å². The number of piperidine rings is 1. The Morgan fingerprint density at radius 3 is 2.36 bits per heavy atom. The topological polar surface area (TPSA) is 41.5 Å². The smallest absolute Gasteiger partial charge is 0.227 e. The fraction of sp³-hybridized carbons (Fsp3) is 0.500. The second-order valence-electron chi connectivity index (χ2n) is 7.05. The van der Waals surface area contributed by atoms with Crippen LogP contribution in [0.2, 0.25) is 0 Å². The summed E-state index contributed by atoms with van der Waals surface area (Å²) in [5.74, 6) is 2.69. The maximum Gasteiger partial charge on any atom is 0.227 e. The molecule has 0 N–H and O–H groups in total. The molecule has 0 radical (unpaired) electrons. The van der Waals surface area contributed by atoms with E-state index < -0.39 is 0 Å². The van der Waals surface area contributed by atoms with E-state index in [1.165, 1.54) is 12.8 Å². The standard InChI is InChI=1S/C20H26N4O/c1-16-7-9-24(10-8-16)20-21-18(17-5-3-2-4-6-17)15-19(22-20)23-11-13-25-14-12-23/h2-6,15-16H,7-14H2,1H3. The molecule has 0 amide bonds. The summed E-state index contributed by atoms with van der Waals surface area (Å²) in [4.78, 5) is 14.5. The second kappa shape index (κ2) is 7.40. The molecule has 0 unspecified atom stereocenters. The molecule has 132 valence electrons. The van der Waals surface area contributed by atoms with Gasteiger partial charge < -0.3 is 14.5 Å². The number of ether oxygens (including phenoxy) is 1. The number of anilines is 2. The van der Waals surface area contributed by atoms with Crippen LogP contribution in [0.15, 0.2) is 36.4 Å². The number of benzene rings is 1. The van der Waals surface area contributed by atoms with Gasteiger partial charge in [-0.05, 0) is 18.8 Å². The van der Waals surface area contributed by atoms with E-state index in [1.54, 1.807) is 0 Å². The zero-order chi connectivity index (χ0) is 17.1. The number of rotatable bonds is 3. The van der Waals surface area contributed by atoms with Gasteiger partial charge in [0.15, 0.2) is 0 Å². The molecular weight excluding hydrogens is 312 g/mol. The van der Waals surface area contributed by atoms with E-state index in [-0.39, 0.29) is 0 Å². The SMILES string of the molecule is CC1CCN(c2nc(-c3ccccc3)cc(N3CCOCC3)n2)CC1. The highest BCUT2D eigenvalue weighted by Gasteiger charge is 2.21. The molecule has 2 aromatic rings. The largest absolute Gasteiger partial charge is 0.378 e. The van der Waals surface area contributed by atoms with Crippen molar-refractivity contribution < 1.29 is 4.74 Å². The molecule has 1 aromatic carbocycles. The Morgan fingerprint density at radius 2 is 1.64 bits per heavy atom. The third kappa shape index (κ3) is 3.76. The van der Waals surface area contributed by atoms with Gasteiger partial charge in [-0.2, -0.15) is 4.98 Å². The van der Waals surface area contributed by atoms with Crippen molar-refractivity contribution >= 4 is 11.8 Å². The van der Waals surface area contributed by atoms with Crippen molar-refractivity contribution in [1.29, 1.82) is 0 Å². The van der Waals surface area contributed by atoms with Crippen molar-refractivity contribution in [2.24, 2.45) is 5.92 Å². The van der Waals surface area contributed by atoms with Gasteiger partial charge in [0.1, 0.15) is 5.82 Å². The summed E-state index contributed by atoms with van der Waals surface area (Å²) in [6.45, 7) is 7.73. The summed E-state index contributed by atoms with van der Waals surface area (Å²) in [7, 11) is 0. The maximum absolute atomic E-state index is 5.50. The Morgan fingerprint density at radius 1 is 0.920 bits per heavy atom. The molecule has 2 fully saturated rings. The fourth-order valence-corrected chi connectivity index (χ4v) is 3.48. The quantitative estimate of drug-likeness (QED) is 0.859. The van der Waals surface area contributed by atoms with Gasteiger partial charge in [0, 0.05) is 37.8 Å². The van der Waals surface area contributed by atoms with E-state index in [0.717, 1.165) is 68.3 Å². The first-order valence-electron chi connectivity index (χ1n) is 9.32. The van der Waals surface area contributed by atoms with Crippen LogP contribution in [0, 0.1) is 5.92 Å². The van der Waals surface area contributed by atoms with Crippen LogP contribution in [0.5, 0.6) is 0 Å². The number of hydrogen-bond acceptors (Lipinski definition) is 5. The molecule has 2 aliphatic heterocycles. The fourth-order valence-electron chi connectivity index (χ4n) is 3.48. The lowest BCUT2D eigenvalue weighted by atomic mass is 10.00. The molecule has 5 nitrogen and oxygen atoms in total. The minimum absolute atomic E-state index is 0.765. The van der Waals surface area contributed by atoms with E-state index in [0.29, 0.717) is 0 Å². The Balaban J connectivity index is 1.69. The summed E-state index contributed by atoms with van der Waals surface area (Å²) in [6.07, 6.45) is 2.43. The van der Waals surface area contributed by atoms with Crippen molar-refractivity contribution in [2.75, 3.05) is 49.2 Å². The minimum atomic E-state index is 0.765. The van der Waals surface area contributed by atoms with Gasteiger partial charge >= 0.3 is 0 Å². The first-order chi connectivity index (χ1) is 12.3. The molecule has 5 heteroatoms. The maximum atomic E-state index is 5.50. The van der Waals surface area contributed by atoms with Crippen LogP contribution >= 0.6 is 0 Å². The summed E-state index contributed by atoms with van der Waals surface area (Å²) < 4.78 is 5.50. The number of aromatic nitrogens is 2. The van der Waals surface area contributed by atoms with E-state index >= 15 is 0 Å². The van der Waals surface area contributed by atoms with Gasteiger partial charge in [0.2, 0.25) is 5.95 Å². The summed E-state index contributed by atoms with van der Waals surface area (Å²) in [6, 6.07) is 12.5. The van der Waals surface area contributed by atoms with Crippen molar-refractivity contribution in [3.63, 3.8) is 0 Å². The number of nitrogens with zero attached hydrogens (tertiary/aromatic N) is 4. The molecule has 2 aliphatic rings. The lowest BCUT2D eigenvalue weighted by Gasteiger charge is -2.32. The van der Waals surface area contributed by atoms with Crippen LogP contribution in [0.3, 0.4) is 0 Å². The lowest BCUT2D eigenvalue weighted by Crippen LogP contribution is -2.38. The number of morpholine rings is 1. The number of hydrogen-bond donors (Lipinski definition) is 0. The molecule has 0 atom stereocenters. The monoisotopic (exact) mass is 338 g/mol. The molecule has 25 heavy (non-hydrogen) atoms. The van der Waals surface area contributed by atoms with Crippen LogP contribution in [-0.4, -0.2) is 49.4 Å². The molecule has 0 saturated carbocycles. The van der Waals surface area contributed by atoms with Crippen LogP contribution in [-0.2, 0) is 4.74 Å². The molecular formula is C20H26N4O. The second-order valence-corrected chi connectivity index (χ2v) is 7.05. The highest BCUT2D eigenvalue weighted by molar-refractivity contribution is 5.65. The summed E-state index contributed by atoms with van der Waals surface area (Å²) >= 11 is 0. The van der Waals surface area contributed by atoms with Gasteiger partial charge in [-0.3, -0.25) is 0 Å². The predicted octanol–water partition coefficient (Wildman–Crippen LogP) is 3.22. The lowest BCUT2D eigenvalue weighted by molar-refractivity contribution is 0.122. The normalized spacial score (nSPS) is 19.2. The van der Waals surface area contributed by atoms with E-state index in [1.807, 2.05) is 6.07 Å². The molecule has 3 heterocycles. The molecule has 0 spiro atoms. The Kier molecular flexibility index (Phi) is 4.83. The van der Waals surface area contributed by atoms with Crippen LogP contribution in [0.25, 0.3) is 11.3 Å². The van der Waals surface area contributed by atoms with Crippen molar-refractivity contribution in [1.82, 2.24) is 9.97 Å². The van der Waals surface area contributed by atoms with Crippen LogP contribution in [0.4, 0.5) is 11.8 Å². The summed E-state index contributed by atoms with van der Waals surface area (Å²) in [5.41, 5.74) is 2.15. The van der Waals surface area contributed by atoms with Crippen LogP contribution in [0.1, 0.15) is 19.8 Å². The van der Waals surface area contributed by atoms with Gasteiger partial charge in [-0.25, -0.2) is 4.98 Å². The van der Waals surface area contributed by atoms with Crippen molar-refractivity contribution in [3.8, 4) is 11.3 Å². The van der Waals surface area contributed by atoms with E-state index in [2.05, 4.69) is 47.1 Å². The highest BCUT2D eigenvalue weighted by Crippen LogP contribution is 2.27. The zero-order valence-corrected chi connectivity index (χ0v) is 14.9. The van der Waals surface area contributed by atoms with Gasteiger partial charge in [-0.15, -0.1) is 0 Å². The first-order valence-corrected chi connectivity index (χ1v) is 9.32. The molecule has 2 saturated heterocycles. The minimum Gasteiger partial charge on any atom is -0.378 e.